The molecule has 35 heavy (non-hydrogen) atoms. The zero-order valence-electron chi connectivity index (χ0n) is 20.4. The SMILES string of the molecule is CCOC[C@@H](O)CN(Cc1c(C)nn(-c2ccccc2)c1Oc1ccc(F)cc1)C[C@H]1CCCO1. The van der Waals surface area contributed by atoms with E-state index in [0.717, 1.165) is 36.4 Å². The van der Waals surface area contributed by atoms with Crippen LogP contribution in [0.5, 0.6) is 11.6 Å². The molecule has 1 saturated heterocycles. The Morgan fingerprint density at radius 1 is 1.20 bits per heavy atom. The number of para-hydroxylation sites is 1. The van der Waals surface area contributed by atoms with Gasteiger partial charge in [0.2, 0.25) is 5.88 Å². The molecule has 1 N–H and O–H groups in total. The molecule has 1 aliphatic heterocycles. The number of hydrogen-bond acceptors (Lipinski definition) is 6. The number of ether oxygens (including phenoxy) is 3. The lowest BCUT2D eigenvalue weighted by Crippen LogP contribution is -2.39. The van der Waals surface area contributed by atoms with Crippen LogP contribution < -0.4 is 4.74 Å². The Kier molecular flexibility index (Phi) is 8.87. The quantitative estimate of drug-likeness (QED) is 0.409. The van der Waals surface area contributed by atoms with Gasteiger partial charge in [-0.15, -0.1) is 0 Å². The highest BCUT2D eigenvalue weighted by atomic mass is 19.1. The standard InChI is InChI=1S/C27H34FN3O4/c1-3-33-19-23(32)16-30(17-25-10-7-15-34-25)18-26-20(2)29-31(22-8-5-4-6-9-22)27(26)35-24-13-11-21(28)12-14-24/h4-6,8-9,11-14,23,25,32H,3,7,10,15-19H2,1-2H3/t23-,25+/m0/s1. The molecule has 0 saturated carbocycles. The van der Waals surface area contributed by atoms with E-state index in [9.17, 15) is 9.50 Å². The summed E-state index contributed by atoms with van der Waals surface area (Å²) in [6, 6.07) is 15.7. The second-order valence-corrected chi connectivity index (χ2v) is 8.81. The summed E-state index contributed by atoms with van der Waals surface area (Å²) in [6.45, 7) is 7.11. The fraction of sp³-hybridized carbons (Fsp3) is 0.444. The first kappa shape index (κ1) is 25.3. The Morgan fingerprint density at radius 3 is 2.66 bits per heavy atom. The van der Waals surface area contributed by atoms with Crippen molar-refractivity contribution in [1.29, 1.82) is 0 Å². The zero-order chi connectivity index (χ0) is 24.6. The van der Waals surface area contributed by atoms with Crippen LogP contribution in [-0.2, 0) is 16.0 Å². The third-order valence-corrected chi connectivity index (χ3v) is 6.02. The molecule has 0 amide bonds. The Hall–Kier alpha value is -2.78. The molecule has 0 aliphatic carbocycles. The normalized spacial score (nSPS) is 16.7. The number of benzene rings is 2. The summed E-state index contributed by atoms with van der Waals surface area (Å²) < 4.78 is 32.9. The zero-order valence-corrected chi connectivity index (χ0v) is 20.4. The largest absolute Gasteiger partial charge is 0.439 e. The van der Waals surface area contributed by atoms with Gasteiger partial charge >= 0.3 is 0 Å². The fourth-order valence-corrected chi connectivity index (χ4v) is 4.29. The van der Waals surface area contributed by atoms with Crippen LogP contribution in [0.2, 0.25) is 0 Å². The molecule has 0 radical (unpaired) electrons. The van der Waals surface area contributed by atoms with E-state index in [0.29, 0.717) is 37.9 Å². The average Bonchev–Trinajstić information content (AvgIpc) is 3.48. The molecule has 0 spiro atoms. The van der Waals surface area contributed by atoms with Crippen molar-refractivity contribution in [3.05, 3.63) is 71.7 Å². The highest BCUT2D eigenvalue weighted by molar-refractivity contribution is 5.43. The highest BCUT2D eigenvalue weighted by Crippen LogP contribution is 2.32. The lowest BCUT2D eigenvalue weighted by atomic mass is 10.1. The molecule has 3 aromatic rings. The Balaban J connectivity index is 1.65. The van der Waals surface area contributed by atoms with Gasteiger partial charge in [0.25, 0.3) is 0 Å². The Bertz CT molecular complexity index is 1050. The number of hydrogen-bond donors (Lipinski definition) is 1. The van der Waals surface area contributed by atoms with Crippen LogP contribution in [0.3, 0.4) is 0 Å². The molecule has 0 bridgehead atoms. The van der Waals surface area contributed by atoms with Crippen molar-refractivity contribution < 1.29 is 23.7 Å². The number of aryl methyl sites for hydroxylation is 1. The number of aliphatic hydroxyl groups is 1. The van der Waals surface area contributed by atoms with Crippen molar-refractivity contribution in [2.45, 2.75) is 45.4 Å². The van der Waals surface area contributed by atoms with E-state index < -0.39 is 6.10 Å². The Labute approximate surface area is 206 Å². The fourth-order valence-electron chi connectivity index (χ4n) is 4.29. The van der Waals surface area contributed by atoms with Crippen molar-refractivity contribution in [3.63, 3.8) is 0 Å². The third kappa shape index (κ3) is 6.89. The maximum absolute atomic E-state index is 13.5. The van der Waals surface area contributed by atoms with Crippen molar-refractivity contribution in [2.75, 3.05) is 32.9 Å². The van der Waals surface area contributed by atoms with E-state index in [1.54, 1.807) is 16.8 Å². The first-order valence-corrected chi connectivity index (χ1v) is 12.2. The summed E-state index contributed by atoms with van der Waals surface area (Å²) in [5.41, 5.74) is 2.59. The second kappa shape index (κ2) is 12.3. The minimum absolute atomic E-state index is 0.125. The summed E-state index contributed by atoms with van der Waals surface area (Å²) >= 11 is 0. The van der Waals surface area contributed by atoms with Gasteiger partial charge in [0.1, 0.15) is 11.6 Å². The van der Waals surface area contributed by atoms with Crippen LogP contribution >= 0.6 is 0 Å². The summed E-state index contributed by atoms with van der Waals surface area (Å²) in [7, 11) is 0. The van der Waals surface area contributed by atoms with E-state index in [-0.39, 0.29) is 18.5 Å². The lowest BCUT2D eigenvalue weighted by Gasteiger charge is -2.27. The Morgan fingerprint density at radius 2 is 1.97 bits per heavy atom. The summed E-state index contributed by atoms with van der Waals surface area (Å²) in [5, 5.41) is 15.4. The van der Waals surface area contributed by atoms with Gasteiger partial charge < -0.3 is 19.3 Å². The van der Waals surface area contributed by atoms with Gasteiger partial charge in [0.15, 0.2) is 0 Å². The van der Waals surface area contributed by atoms with Crippen LogP contribution in [0, 0.1) is 12.7 Å². The van der Waals surface area contributed by atoms with E-state index in [1.807, 2.05) is 44.2 Å². The minimum atomic E-state index is -0.623. The summed E-state index contributed by atoms with van der Waals surface area (Å²) in [5.74, 6) is 0.764. The van der Waals surface area contributed by atoms with Crippen molar-refractivity contribution in [1.82, 2.24) is 14.7 Å². The molecule has 0 unspecified atom stereocenters. The van der Waals surface area contributed by atoms with Gasteiger partial charge in [-0.25, -0.2) is 9.07 Å². The van der Waals surface area contributed by atoms with Crippen molar-refractivity contribution in [3.8, 4) is 17.3 Å². The lowest BCUT2D eigenvalue weighted by molar-refractivity contribution is 0.00498. The summed E-state index contributed by atoms with van der Waals surface area (Å²) in [6.07, 6.45) is 1.55. The van der Waals surface area contributed by atoms with Crippen molar-refractivity contribution in [2.24, 2.45) is 0 Å². The molecule has 188 valence electrons. The van der Waals surface area contributed by atoms with Gasteiger partial charge in [0, 0.05) is 32.8 Å². The van der Waals surface area contributed by atoms with Crippen LogP contribution in [0.1, 0.15) is 31.0 Å². The number of rotatable bonds is 12. The molecular formula is C27H34FN3O4. The van der Waals surface area contributed by atoms with E-state index in [2.05, 4.69) is 4.90 Å². The molecule has 1 fully saturated rings. The third-order valence-electron chi connectivity index (χ3n) is 6.02. The van der Waals surface area contributed by atoms with Gasteiger partial charge in [-0.3, -0.25) is 4.90 Å². The van der Waals surface area contributed by atoms with E-state index in [1.165, 1.54) is 12.1 Å². The summed E-state index contributed by atoms with van der Waals surface area (Å²) in [4.78, 5) is 2.18. The van der Waals surface area contributed by atoms with E-state index in [4.69, 9.17) is 19.3 Å². The molecule has 2 aromatic carbocycles. The molecule has 7 nitrogen and oxygen atoms in total. The predicted molar refractivity (Wildman–Crippen MR) is 132 cm³/mol. The molecule has 4 rings (SSSR count). The predicted octanol–water partition coefficient (Wildman–Crippen LogP) is 4.49. The maximum Gasteiger partial charge on any atom is 0.227 e. The molecular weight excluding hydrogens is 449 g/mol. The van der Waals surface area contributed by atoms with E-state index >= 15 is 0 Å². The first-order valence-electron chi connectivity index (χ1n) is 12.2. The van der Waals surface area contributed by atoms with Crippen LogP contribution in [0.25, 0.3) is 5.69 Å². The molecule has 8 heteroatoms. The van der Waals surface area contributed by atoms with Crippen molar-refractivity contribution >= 4 is 0 Å². The molecule has 1 aromatic heterocycles. The van der Waals surface area contributed by atoms with Gasteiger partial charge in [0.05, 0.1) is 35.8 Å². The monoisotopic (exact) mass is 483 g/mol. The molecule has 2 atom stereocenters. The second-order valence-electron chi connectivity index (χ2n) is 8.81. The highest BCUT2D eigenvalue weighted by Gasteiger charge is 2.26. The number of aliphatic hydroxyl groups excluding tert-OH is 1. The maximum atomic E-state index is 13.5. The number of aromatic nitrogens is 2. The van der Waals surface area contributed by atoms with Crippen LogP contribution in [0.15, 0.2) is 54.6 Å². The minimum Gasteiger partial charge on any atom is -0.439 e. The van der Waals surface area contributed by atoms with Gasteiger partial charge in [-0.05, 0) is 63.1 Å². The van der Waals surface area contributed by atoms with Crippen LogP contribution in [-0.4, -0.2) is 64.9 Å². The van der Waals surface area contributed by atoms with Gasteiger partial charge in [-0.1, -0.05) is 18.2 Å². The smallest absolute Gasteiger partial charge is 0.227 e. The molecule has 1 aliphatic rings. The van der Waals surface area contributed by atoms with Crippen LogP contribution in [0.4, 0.5) is 4.39 Å². The first-order chi connectivity index (χ1) is 17.0. The average molecular weight is 484 g/mol. The number of nitrogens with zero attached hydrogens (tertiary/aromatic N) is 3. The van der Waals surface area contributed by atoms with Gasteiger partial charge in [-0.2, -0.15) is 5.10 Å². The number of halogens is 1. The molecule has 2 heterocycles. The topological polar surface area (TPSA) is 69.0 Å².